The highest BCUT2D eigenvalue weighted by Gasteiger charge is 2.61. The molecule has 0 aromatic rings. The molecule has 0 saturated carbocycles. The summed E-state index contributed by atoms with van der Waals surface area (Å²) in [7, 11) is 0. The van der Waals surface area contributed by atoms with Gasteiger partial charge < -0.3 is 234 Å². The molecule has 0 spiro atoms. The Kier molecular flexibility index (Phi) is 34.9. The molecule has 9 heterocycles. The summed E-state index contributed by atoms with van der Waals surface area (Å²) in [5.41, 5.74) is 0. The number of aliphatic hydroxyl groups is 25. The maximum atomic E-state index is 13.2. The molecular weight excluding hydrogens is 1580 g/mol. The third-order valence-electron chi connectivity index (χ3n) is 20.9. The van der Waals surface area contributed by atoms with Gasteiger partial charge in [0.05, 0.1) is 78.2 Å². The van der Waals surface area contributed by atoms with Crippen molar-refractivity contribution in [1.82, 2.24) is 21.3 Å². The molecule has 0 aromatic carbocycles. The summed E-state index contributed by atoms with van der Waals surface area (Å²) in [6.45, 7) is -5.76. The van der Waals surface area contributed by atoms with Gasteiger partial charge in [0.25, 0.3) is 0 Å². The van der Waals surface area contributed by atoms with Crippen LogP contribution in [0.2, 0.25) is 0 Å². The van der Waals surface area contributed by atoms with Gasteiger partial charge in [0.2, 0.25) is 24.1 Å². The molecule has 51 nitrogen and oxygen atoms in total. The van der Waals surface area contributed by atoms with Gasteiger partial charge in [-0.3, -0.25) is 19.2 Å². The Bertz CT molecular complexity index is 3010. The molecule has 115 heavy (non-hydrogen) atoms. The van der Waals surface area contributed by atoms with Crippen molar-refractivity contribution in [1.29, 1.82) is 0 Å². The first-order valence-electron chi connectivity index (χ1n) is 36.7. The summed E-state index contributed by atoms with van der Waals surface area (Å²) in [4.78, 5) is 50.2. The number of hydrogen-bond acceptors (Lipinski definition) is 47. The van der Waals surface area contributed by atoms with Gasteiger partial charge in [-0.2, -0.15) is 0 Å². The lowest BCUT2D eigenvalue weighted by atomic mass is 9.93. The lowest BCUT2D eigenvalue weighted by molar-refractivity contribution is -0.394. The summed E-state index contributed by atoms with van der Waals surface area (Å²) in [5.74, 6) is -2.88. The number of nitrogens with one attached hydrogen (secondary N) is 4. The van der Waals surface area contributed by atoms with E-state index in [0.29, 0.717) is 0 Å². The fourth-order valence-corrected chi connectivity index (χ4v) is 14.6. The molecule has 9 fully saturated rings. The van der Waals surface area contributed by atoms with Gasteiger partial charge in [-0.15, -0.1) is 0 Å². The van der Waals surface area contributed by atoms with E-state index in [1.165, 1.54) is 6.92 Å². The second kappa shape index (κ2) is 42.3. The van der Waals surface area contributed by atoms with Crippen LogP contribution in [0.5, 0.6) is 0 Å². The summed E-state index contributed by atoms with van der Waals surface area (Å²) in [6, 6.07) is -6.89. The molecule has 9 aliphatic heterocycles. The number of hydrogen-bond donors (Lipinski definition) is 29. The van der Waals surface area contributed by atoms with Crippen molar-refractivity contribution in [2.45, 2.75) is 310 Å². The highest BCUT2D eigenvalue weighted by Crippen LogP contribution is 2.40. The molecule has 46 atom stereocenters. The zero-order chi connectivity index (χ0) is 84.6. The van der Waals surface area contributed by atoms with Gasteiger partial charge in [0.1, 0.15) is 213 Å². The minimum atomic E-state index is -2.52. The van der Waals surface area contributed by atoms with Crippen LogP contribution in [0, 0.1) is 0 Å². The van der Waals surface area contributed by atoms with E-state index in [4.69, 9.17) is 85.3 Å². The number of carbonyl (C=O) groups is 4. The highest BCUT2D eigenvalue weighted by atomic mass is 16.8. The molecule has 9 rings (SSSR count). The van der Waals surface area contributed by atoms with Gasteiger partial charge in [-0.25, -0.2) is 0 Å². The second-order valence-electron chi connectivity index (χ2n) is 28.9. The van der Waals surface area contributed by atoms with Crippen LogP contribution >= 0.6 is 0 Å². The Balaban J connectivity index is 1.01. The minimum Gasteiger partial charge on any atom is -0.394 e. The Morgan fingerprint density at radius 1 is 0.304 bits per heavy atom. The first-order valence-corrected chi connectivity index (χ1v) is 36.7. The maximum Gasteiger partial charge on any atom is 0.217 e. The van der Waals surface area contributed by atoms with Crippen molar-refractivity contribution in [2.24, 2.45) is 0 Å². The van der Waals surface area contributed by atoms with Crippen molar-refractivity contribution in [2.75, 3.05) is 66.1 Å². The summed E-state index contributed by atoms with van der Waals surface area (Å²) in [5, 5.41) is 286. The fraction of sp³-hybridized carbons (Fsp3) is 0.938. The zero-order valence-electron chi connectivity index (χ0n) is 61.9. The molecule has 0 unspecified atom stereocenters. The summed E-state index contributed by atoms with van der Waals surface area (Å²) < 4.78 is 106. The third-order valence-corrected chi connectivity index (χ3v) is 20.9. The monoisotopic (exact) mass is 1680 g/mol. The standard InChI is InChI=1S/C64H108N4O47/c1-16-32(81)40(89)44(93)60(100-16)115-55-42(91)34(83)22(7-71)103-64(55)112-51-26(11-75)106-58(31(39(51)88)68-19(4)80)114-54-36(85)28(14-99-56-29(66-17(2)78)37(86)49(24(9-73)104-56)109-61-45(94)41(90)33(82)21(6-70)101-61)108-63(48(54)97)110-50-25(10-74)105-57(30(38(50)87)67-18(3)79)113-53-35(84)23(8-72)102-62(47(53)96)111-52-27(12-76)107-59(46(95)43(52)92)98-13-20(5-69)65-15-77/h15-16,20-64,69-76,81-97H,5-14H2,1-4H3,(H,65,77)(H,66,78)(H,67,79)(H,68,80)/t16-,20+,21+,22+,23+,24+,25+,26+,27+,28+,29+,30+,31+,32+,33-,34-,35-,36-,37+,38+,39+,40+,41-,42-,43+,44-,45+,46+,47+,48+,49+,50+,51+,52+,53-,54-,55+,56+,57-,58-,59+,60-,61-,62-,63-,64-/m0/s1. The van der Waals surface area contributed by atoms with Gasteiger partial charge >= 0.3 is 0 Å². The minimum absolute atomic E-state index is 0.247. The van der Waals surface area contributed by atoms with Crippen LogP contribution in [-0.2, 0) is 104 Å². The molecule has 666 valence electrons. The Labute approximate surface area is 651 Å². The highest BCUT2D eigenvalue weighted by molar-refractivity contribution is 5.74. The van der Waals surface area contributed by atoms with E-state index in [-0.39, 0.29) is 6.41 Å². The largest absolute Gasteiger partial charge is 0.394 e. The molecule has 4 amide bonds. The number of rotatable bonds is 33. The second-order valence-corrected chi connectivity index (χ2v) is 28.9. The van der Waals surface area contributed by atoms with Crippen molar-refractivity contribution < 1.29 is 232 Å². The van der Waals surface area contributed by atoms with E-state index >= 15 is 0 Å². The van der Waals surface area contributed by atoms with Gasteiger partial charge in [0.15, 0.2) is 56.6 Å². The Morgan fingerprint density at radius 3 is 1.03 bits per heavy atom. The third kappa shape index (κ3) is 21.4. The van der Waals surface area contributed by atoms with E-state index in [0.717, 1.165) is 20.8 Å². The van der Waals surface area contributed by atoms with E-state index < -0.39 is 366 Å². The lowest BCUT2D eigenvalue weighted by Gasteiger charge is -2.51. The summed E-state index contributed by atoms with van der Waals surface area (Å²) in [6.07, 6.45) is -84.6. The number of amides is 4. The van der Waals surface area contributed by atoms with E-state index in [2.05, 4.69) is 21.3 Å². The van der Waals surface area contributed by atoms with Crippen LogP contribution in [0.25, 0.3) is 0 Å². The average molecular weight is 1690 g/mol. The maximum absolute atomic E-state index is 13.2. The molecule has 0 aromatic heterocycles. The van der Waals surface area contributed by atoms with Crippen LogP contribution in [-0.4, -0.2) is 500 Å². The van der Waals surface area contributed by atoms with Crippen molar-refractivity contribution in [3.8, 4) is 0 Å². The Morgan fingerprint density at radius 2 is 0.609 bits per heavy atom. The Hall–Kier alpha value is -3.84. The predicted molar refractivity (Wildman–Crippen MR) is 354 cm³/mol. The van der Waals surface area contributed by atoms with Crippen molar-refractivity contribution >= 4 is 24.1 Å². The van der Waals surface area contributed by atoms with Crippen LogP contribution in [0.1, 0.15) is 27.7 Å². The van der Waals surface area contributed by atoms with Crippen LogP contribution in [0.3, 0.4) is 0 Å². The quantitative estimate of drug-likeness (QED) is 0.0271. The summed E-state index contributed by atoms with van der Waals surface area (Å²) >= 11 is 0. The van der Waals surface area contributed by atoms with E-state index in [1.54, 1.807) is 0 Å². The first-order chi connectivity index (χ1) is 54.5. The van der Waals surface area contributed by atoms with Gasteiger partial charge in [-0.05, 0) is 6.92 Å². The average Bonchev–Trinajstić information content (AvgIpc) is 0.788. The fourth-order valence-electron chi connectivity index (χ4n) is 14.6. The zero-order valence-corrected chi connectivity index (χ0v) is 61.9. The van der Waals surface area contributed by atoms with Crippen molar-refractivity contribution in [3.63, 3.8) is 0 Å². The molecule has 0 bridgehead atoms. The SMILES string of the molecule is CC(=O)N[C@H]1[C@H](OC[C@H]2O[C@@H](O[C@H]3[C@H](O)[C@@H](NC(C)=O)[C@H](O[C@H]4[C@@H](O)[C@@H](CO)O[C@@H](O[C@H]5[C@H](O)[C@@H](O)[C@H](OC[C@@H](CO)NC=O)O[C@@H]5CO)[C@@H]4O)O[C@@H]3CO)[C@H](O)[C@@H](O[C@@H]3O[C@H](CO)[C@@H](O[C@@H]4O[C@H](CO)[C@H](O)[C@H](O)[C@H]4O[C@@H]4O[C@@H](C)[C@@H](O)[C@@H](O)[C@@H]4O)[C@H](O)[C@H]3NC(C)=O)[C@H]2O)O[C@H](CO)[C@@H](O[C@@H]2O[C@H](CO)[C@H](O)[C@H](O)[C@H]2O)[C@@H]1O. The molecule has 0 aliphatic carbocycles. The van der Waals surface area contributed by atoms with Gasteiger partial charge in [0, 0.05) is 20.8 Å². The van der Waals surface area contributed by atoms with Crippen LogP contribution < -0.4 is 21.3 Å². The van der Waals surface area contributed by atoms with E-state index in [1.807, 2.05) is 0 Å². The molecule has 9 aliphatic rings. The first kappa shape index (κ1) is 95.0. The number of aliphatic hydroxyl groups excluding tert-OH is 25. The molecule has 9 saturated heterocycles. The number of ether oxygens (including phenoxy) is 18. The predicted octanol–water partition coefficient (Wildman–Crippen LogP) is -20.0. The lowest BCUT2D eigenvalue weighted by Crippen LogP contribution is -2.71. The van der Waals surface area contributed by atoms with Gasteiger partial charge in [-0.1, -0.05) is 0 Å². The van der Waals surface area contributed by atoms with Crippen LogP contribution in [0.15, 0.2) is 0 Å². The van der Waals surface area contributed by atoms with Crippen LogP contribution in [0.4, 0.5) is 0 Å². The molecule has 29 N–H and O–H groups in total. The molecule has 0 radical (unpaired) electrons. The smallest absolute Gasteiger partial charge is 0.217 e. The van der Waals surface area contributed by atoms with Crippen molar-refractivity contribution in [3.05, 3.63) is 0 Å². The van der Waals surface area contributed by atoms with E-state index in [9.17, 15) is 147 Å². The number of carbonyl (C=O) groups excluding carboxylic acids is 4. The molecular formula is C64H108N4O47. The topological polar surface area (TPSA) is 788 Å². The molecule has 51 heteroatoms. The normalized spacial score (nSPS) is 48.2.